The molecule has 88 valence electrons. The van der Waals surface area contributed by atoms with E-state index in [-0.39, 0.29) is 13.2 Å². The van der Waals surface area contributed by atoms with Gasteiger partial charge >= 0.3 is 0 Å². The first-order valence-electron chi connectivity index (χ1n) is 5.19. The van der Waals surface area contributed by atoms with Gasteiger partial charge in [0.05, 0.1) is 6.21 Å². The zero-order valence-electron chi connectivity index (χ0n) is 9.60. The molecule has 0 aromatic heterocycles. The third kappa shape index (κ3) is 2.97. The summed E-state index contributed by atoms with van der Waals surface area (Å²) in [5.74, 6) is 0.777. The molecular formula is C12H17NO3. The van der Waals surface area contributed by atoms with Crippen molar-refractivity contribution in [2.45, 2.75) is 20.3 Å². The standard InChI is InChI=1S/C12H17NO3/c1-9-10(2)12(16-8-6-13-15)4-3-11(9)5-7-14/h3-4,6,14-15H,5,7-8H2,1-2H3/b13-6+. The highest BCUT2D eigenvalue weighted by molar-refractivity contribution is 5.58. The Morgan fingerprint density at radius 1 is 1.31 bits per heavy atom. The summed E-state index contributed by atoms with van der Waals surface area (Å²) in [4.78, 5) is 0. The van der Waals surface area contributed by atoms with Crippen LogP contribution in [-0.2, 0) is 6.42 Å². The monoisotopic (exact) mass is 223 g/mol. The van der Waals surface area contributed by atoms with E-state index in [0.717, 1.165) is 22.4 Å². The molecule has 16 heavy (non-hydrogen) atoms. The average molecular weight is 223 g/mol. The summed E-state index contributed by atoms with van der Waals surface area (Å²) in [7, 11) is 0. The summed E-state index contributed by atoms with van der Waals surface area (Å²) in [5.41, 5.74) is 3.31. The Morgan fingerprint density at radius 2 is 2.06 bits per heavy atom. The van der Waals surface area contributed by atoms with Crippen molar-refractivity contribution in [2.24, 2.45) is 5.16 Å². The van der Waals surface area contributed by atoms with E-state index in [4.69, 9.17) is 15.1 Å². The molecule has 0 atom stereocenters. The zero-order chi connectivity index (χ0) is 12.0. The molecule has 1 aromatic rings. The molecule has 0 bridgehead atoms. The van der Waals surface area contributed by atoms with Crippen molar-refractivity contribution in [1.29, 1.82) is 0 Å². The summed E-state index contributed by atoms with van der Waals surface area (Å²) < 4.78 is 5.42. The van der Waals surface area contributed by atoms with Crippen molar-refractivity contribution >= 4 is 6.21 Å². The Bertz CT molecular complexity index is 375. The normalized spacial score (nSPS) is 10.9. The van der Waals surface area contributed by atoms with E-state index in [1.165, 1.54) is 6.21 Å². The van der Waals surface area contributed by atoms with Gasteiger partial charge in [0.15, 0.2) is 0 Å². The average Bonchev–Trinajstić information content (AvgIpc) is 2.28. The lowest BCUT2D eigenvalue weighted by molar-refractivity contribution is 0.299. The van der Waals surface area contributed by atoms with Crippen molar-refractivity contribution in [3.63, 3.8) is 0 Å². The van der Waals surface area contributed by atoms with Gasteiger partial charge in [-0.25, -0.2) is 0 Å². The van der Waals surface area contributed by atoms with Crippen LogP contribution in [0.3, 0.4) is 0 Å². The minimum absolute atomic E-state index is 0.150. The van der Waals surface area contributed by atoms with Crippen molar-refractivity contribution in [3.05, 3.63) is 28.8 Å². The largest absolute Gasteiger partial charge is 0.488 e. The number of ether oxygens (including phenoxy) is 1. The highest BCUT2D eigenvalue weighted by Crippen LogP contribution is 2.24. The van der Waals surface area contributed by atoms with Gasteiger partial charge in [-0.15, -0.1) is 0 Å². The summed E-state index contributed by atoms with van der Waals surface area (Å²) >= 11 is 0. The maximum Gasteiger partial charge on any atom is 0.127 e. The molecule has 0 heterocycles. The van der Waals surface area contributed by atoms with E-state index in [0.29, 0.717) is 6.42 Å². The van der Waals surface area contributed by atoms with E-state index in [1.807, 2.05) is 26.0 Å². The molecule has 0 saturated heterocycles. The van der Waals surface area contributed by atoms with Gasteiger partial charge in [0, 0.05) is 6.61 Å². The van der Waals surface area contributed by atoms with Gasteiger partial charge in [0.2, 0.25) is 0 Å². The summed E-state index contributed by atoms with van der Waals surface area (Å²) in [6.07, 6.45) is 1.95. The molecule has 0 aliphatic heterocycles. The first kappa shape index (κ1) is 12.5. The Hall–Kier alpha value is -1.55. The van der Waals surface area contributed by atoms with Crippen molar-refractivity contribution in [3.8, 4) is 5.75 Å². The smallest absolute Gasteiger partial charge is 0.127 e. The van der Waals surface area contributed by atoms with Gasteiger partial charge in [-0.1, -0.05) is 11.2 Å². The molecule has 0 spiro atoms. The summed E-state index contributed by atoms with van der Waals surface area (Å²) in [6.45, 7) is 4.38. The maximum absolute atomic E-state index is 8.90. The Labute approximate surface area is 95.2 Å². The fraction of sp³-hybridized carbons (Fsp3) is 0.417. The van der Waals surface area contributed by atoms with E-state index >= 15 is 0 Å². The number of rotatable bonds is 5. The molecule has 0 saturated carbocycles. The lowest BCUT2D eigenvalue weighted by atomic mass is 10.0. The third-order valence-corrected chi connectivity index (χ3v) is 2.63. The van der Waals surface area contributed by atoms with Gasteiger partial charge in [-0.05, 0) is 43.0 Å². The highest BCUT2D eigenvalue weighted by Gasteiger charge is 2.06. The molecule has 0 fully saturated rings. The van der Waals surface area contributed by atoms with Crippen LogP contribution in [0.4, 0.5) is 0 Å². The lowest BCUT2D eigenvalue weighted by Crippen LogP contribution is -2.03. The first-order valence-corrected chi connectivity index (χ1v) is 5.19. The lowest BCUT2D eigenvalue weighted by Gasteiger charge is -2.12. The Kier molecular flexibility index (Phi) is 4.79. The van der Waals surface area contributed by atoms with Crippen LogP contribution in [0.25, 0.3) is 0 Å². The maximum atomic E-state index is 8.90. The summed E-state index contributed by atoms with van der Waals surface area (Å²) in [6, 6.07) is 3.82. The number of nitrogens with zero attached hydrogens (tertiary/aromatic N) is 1. The predicted molar refractivity (Wildman–Crippen MR) is 62.5 cm³/mol. The number of oxime groups is 1. The molecule has 2 N–H and O–H groups in total. The van der Waals surface area contributed by atoms with Gasteiger partial charge in [-0.2, -0.15) is 0 Å². The molecule has 0 radical (unpaired) electrons. The molecule has 0 unspecified atom stereocenters. The van der Waals surface area contributed by atoms with Crippen LogP contribution < -0.4 is 4.74 Å². The molecule has 1 rings (SSSR count). The molecule has 0 aliphatic carbocycles. The second-order valence-corrected chi connectivity index (χ2v) is 3.56. The molecule has 1 aromatic carbocycles. The number of benzene rings is 1. The SMILES string of the molecule is Cc1c(CCO)ccc(OC/C=N/O)c1C. The minimum Gasteiger partial charge on any atom is -0.488 e. The third-order valence-electron chi connectivity index (χ3n) is 2.63. The number of hydrogen-bond acceptors (Lipinski definition) is 4. The second kappa shape index (κ2) is 6.12. The van der Waals surface area contributed by atoms with Crippen LogP contribution in [0.5, 0.6) is 5.75 Å². The second-order valence-electron chi connectivity index (χ2n) is 3.56. The topological polar surface area (TPSA) is 62.0 Å². The molecule has 0 amide bonds. The van der Waals surface area contributed by atoms with Crippen LogP contribution >= 0.6 is 0 Å². The van der Waals surface area contributed by atoms with E-state index in [1.54, 1.807) is 0 Å². The van der Waals surface area contributed by atoms with Crippen LogP contribution in [-0.4, -0.2) is 29.7 Å². The number of hydrogen-bond donors (Lipinski definition) is 2. The number of aliphatic hydroxyl groups excluding tert-OH is 1. The van der Waals surface area contributed by atoms with Gasteiger partial charge in [-0.3, -0.25) is 0 Å². The van der Waals surface area contributed by atoms with Crippen LogP contribution in [0.15, 0.2) is 17.3 Å². The molecule has 4 heteroatoms. The van der Waals surface area contributed by atoms with Gasteiger partial charge in [0.1, 0.15) is 12.4 Å². The molecule has 4 nitrogen and oxygen atoms in total. The van der Waals surface area contributed by atoms with Crippen LogP contribution in [0.2, 0.25) is 0 Å². The zero-order valence-corrected chi connectivity index (χ0v) is 9.60. The first-order chi connectivity index (χ1) is 7.70. The molecular weight excluding hydrogens is 206 g/mol. The van der Waals surface area contributed by atoms with E-state index in [9.17, 15) is 0 Å². The minimum atomic E-state index is 0.150. The van der Waals surface area contributed by atoms with Crippen LogP contribution in [0.1, 0.15) is 16.7 Å². The quantitative estimate of drug-likeness (QED) is 0.453. The summed E-state index contributed by atoms with van der Waals surface area (Å²) in [5, 5.41) is 20.0. The van der Waals surface area contributed by atoms with Gasteiger partial charge < -0.3 is 15.1 Å². The molecule has 0 aliphatic rings. The van der Waals surface area contributed by atoms with Crippen LogP contribution in [0, 0.1) is 13.8 Å². The van der Waals surface area contributed by atoms with Crippen molar-refractivity contribution in [2.75, 3.05) is 13.2 Å². The number of aliphatic hydroxyl groups is 1. The highest BCUT2D eigenvalue weighted by atomic mass is 16.5. The van der Waals surface area contributed by atoms with E-state index < -0.39 is 0 Å². The Morgan fingerprint density at radius 3 is 2.69 bits per heavy atom. The van der Waals surface area contributed by atoms with Crippen molar-refractivity contribution in [1.82, 2.24) is 0 Å². The fourth-order valence-electron chi connectivity index (χ4n) is 1.56. The Balaban J connectivity index is 2.84. The fourth-order valence-corrected chi connectivity index (χ4v) is 1.56. The van der Waals surface area contributed by atoms with Gasteiger partial charge in [0.25, 0.3) is 0 Å². The van der Waals surface area contributed by atoms with E-state index in [2.05, 4.69) is 5.16 Å². The predicted octanol–water partition coefficient (Wildman–Crippen LogP) is 1.68. The van der Waals surface area contributed by atoms with Crippen molar-refractivity contribution < 1.29 is 15.1 Å².